The van der Waals surface area contributed by atoms with Crippen LogP contribution in [0.3, 0.4) is 0 Å². The van der Waals surface area contributed by atoms with Gasteiger partial charge < -0.3 is 5.32 Å². The van der Waals surface area contributed by atoms with Crippen molar-refractivity contribution in [3.05, 3.63) is 65.5 Å². The third kappa shape index (κ3) is 5.25. The lowest BCUT2D eigenvalue weighted by Gasteiger charge is -2.25. The van der Waals surface area contributed by atoms with E-state index >= 15 is 0 Å². The van der Waals surface area contributed by atoms with E-state index in [4.69, 9.17) is 0 Å². The number of halogens is 1. The summed E-state index contributed by atoms with van der Waals surface area (Å²) in [7, 11) is 0. The Morgan fingerprint density at radius 2 is 1.91 bits per heavy atom. The quantitative estimate of drug-likeness (QED) is 0.432. The number of rotatable bonds is 9. The Morgan fingerprint density at radius 1 is 1.15 bits per heavy atom. The molecule has 9 heteroatoms. The minimum Gasteiger partial charge on any atom is -0.356 e. The molecule has 34 heavy (non-hydrogen) atoms. The Morgan fingerprint density at radius 3 is 2.68 bits per heavy atom. The average molecular weight is 481 g/mol. The number of hydrogen-bond acceptors (Lipinski definition) is 6. The predicted octanol–water partition coefficient (Wildman–Crippen LogP) is 4.10. The number of amides is 2. The first-order chi connectivity index (χ1) is 16.5. The molecule has 0 radical (unpaired) electrons. The van der Waals surface area contributed by atoms with Gasteiger partial charge in [0.2, 0.25) is 5.91 Å². The Balaban J connectivity index is 1.49. The number of unbranched alkanes of at least 4 members (excludes halogenated alkanes) is 1. The van der Waals surface area contributed by atoms with Crippen LogP contribution in [0.2, 0.25) is 0 Å². The first-order valence-corrected chi connectivity index (χ1v) is 12.2. The van der Waals surface area contributed by atoms with Gasteiger partial charge in [0.1, 0.15) is 17.7 Å². The van der Waals surface area contributed by atoms with Crippen molar-refractivity contribution < 1.29 is 18.8 Å². The monoisotopic (exact) mass is 480 g/mol. The molecule has 2 aliphatic rings. The molecular weight excluding hydrogens is 455 g/mol. The summed E-state index contributed by atoms with van der Waals surface area (Å²) >= 11 is 1.14. The van der Waals surface area contributed by atoms with E-state index in [2.05, 4.69) is 22.2 Å². The van der Waals surface area contributed by atoms with Crippen molar-refractivity contribution in [2.24, 2.45) is 9.98 Å². The summed E-state index contributed by atoms with van der Waals surface area (Å²) in [6.07, 6.45) is 2.40. The summed E-state index contributed by atoms with van der Waals surface area (Å²) in [6, 6.07) is 12.0. The van der Waals surface area contributed by atoms with Crippen molar-refractivity contribution >= 4 is 46.1 Å². The fourth-order valence-electron chi connectivity index (χ4n) is 3.70. The normalized spacial score (nSPS) is 16.5. The highest BCUT2D eigenvalue weighted by atomic mass is 32.2. The van der Waals surface area contributed by atoms with E-state index in [0.29, 0.717) is 35.2 Å². The van der Waals surface area contributed by atoms with Crippen molar-refractivity contribution in [1.29, 1.82) is 0 Å². The predicted molar refractivity (Wildman–Crippen MR) is 131 cm³/mol. The highest BCUT2D eigenvalue weighted by Crippen LogP contribution is 2.34. The SMILES string of the molecule is CCCCNC(=O)CC[C@@H]1N=C2c3ccccc3N=C(SCC(=O)c3ccc(F)cc3)N2C1=O. The maximum Gasteiger partial charge on any atom is 0.259 e. The number of carbonyl (C=O) groups is 3. The Bertz CT molecular complexity index is 1160. The number of thioether (sulfide) groups is 1. The number of para-hydroxylation sites is 1. The van der Waals surface area contributed by atoms with Crippen LogP contribution in [0.25, 0.3) is 0 Å². The zero-order valence-electron chi connectivity index (χ0n) is 18.8. The van der Waals surface area contributed by atoms with Gasteiger partial charge in [0.15, 0.2) is 11.0 Å². The smallest absolute Gasteiger partial charge is 0.259 e. The van der Waals surface area contributed by atoms with Gasteiger partial charge in [0, 0.05) is 24.1 Å². The van der Waals surface area contributed by atoms with Crippen LogP contribution in [-0.2, 0) is 9.59 Å². The fraction of sp³-hybridized carbons (Fsp3) is 0.320. The van der Waals surface area contributed by atoms with Crippen LogP contribution >= 0.6 is 11.8 Å². The molecule has 2 aliphatic heterocycles. The summed E-state index contributed by atoms with van der Waals surface area (Å²) in [5, 5.41) is 3.23. The van der Waals surface area contributed by atoms with Gasteiger partial charge in [-0.2, -0.15) is 0 Å². The van der Waals surface area contributed by atoms with Crippen LogP contribution in [0.5, 0.6) is 0 Å². The van der Waals surface area contributed by atoms with Crippen molar-refractivity contribution in [1.82, 2.24) is 10.2 Å². The summed E-state index contributed by atoms with van der Waals surface area (Å²) in [4.78, 5) is 48.7. The van der Waals surface area contributed by atoms with Gasteiger partial charge in [-0.3, -0.25) is 19.4 Å². The minimum absolute atomic E-state index is 0.0359. The third-order valence-corrected chi connectivity index (χ3v) is 6.48. The maximum atomic E-state index is 13.2. The number of amidine groups is 2. The molecule has 0 bridgehead atoms. The molecular formula is C25H25FN4O3S. The van der Waals surface area contributed by atoms with E-state index in [1.165, 1.54) is 29.2 Å². The number of hydrogen-bond donors (Lipinski definition) is 1. The molecule has 0 saturated carbocycles. The van der Waals surface area contributed by atoms with E-state index in [1.54, 1.807) is 0 Å². The van der Waals surface area contributed by atoms with Gasteiger partial charge in [0.25, 0.3) is 5.91 Å². The molecule has 2 aromatic rings. The second-order valence-electron chi connectivity index (χ2n) is 8.01. The highest BCUT2D eigenvalue weighted by Gasteiger charge is 2.41. The highest BCUT2D eigenvalue weighted by molar-refractivity contribution is 8.14. The van der Waals surface area contributed by atoms with Crippen molar-refractivity contribution in [3.8, 4) is 0 Å². The summed E-state index contributed by atoms with van der Waals surface area (Å²) in [5.41, 5.74) is 1.79. The molecule has 7 nitrogen and oxygen atoms in total. The summed E-state index contributed by atoms with van der Waals surface area (Å²) in [5.74, 6) is -0.438. The standard InChI is InChI=1S/C25H25FN4O3S/c1-2-3-14-27-22(32)13-12-20-24(33)30-23(28-20)18-6-4-5-7-19(18)29-25(30)34-15-21(31)16-8-10-17(26)11-9-16/h4-11,20H,2-3,12-15H2,1H3,(H,27,32)/t20-/m0/s1. The lowest BCUT2D eigenvalue weighted by Crippen LogP contribution is -2.41. The molecule has 0 spiro atoms. The van der Waals surface area contributed by atoms with Crippen LogP contribution in [0.4, 0.5) is 10.1 Å². The van der Waals surface area contributed by atoms with E-state index in [-0.39, 0.29) is 29.8 Å². The molecule has 4 rings (SSSR count). The lowest BCUT2D eigenvalue weighted by molar-refractivity contribution is -0.125. The second kappa shape index (κ2) is 10.7. The minimum atomic E-state index is -0.684. The van der Waals surface area contributed by atoms with Crippen LogP contribution < -0.4 is 5.32 Å². The van der Waals surface area contributed by atoms with Crippen LogP contribution in [0.1, 0.15) is 48.5 Å². The first kappa shape index (κ1) is 23.8. The van der Waals surface area contributed by atoms with Crippen LogP contribution in [-0.4, -0.2) is 51.8 Å². The molecule has 0 unspecified atom stereocenters. The topological polar surface area (TPSA) is 91.2 Å². The van der Waals surface area contributed by atoms with Gasteiger partial charge in [-0.15, -0.1) is 0 Å². The zero-order valence-corrected chi connectivity index (χ0v) is 19.6. The van der Waals surface area contributed by atoms with E-state index in [1.807, 2.05) is 24.3 Å². The summed E-state index contributed by atoms with van der Waals surface area (Å²) < 4.78 is 13.2. The largest absolute Gasteiger partial charge is 0.356 e. The second-order valence-corrected chi connectivity index (χ2v) is 8.96. The van der Waals surface area contributed by atoms with Crippen molar-refractivity contribution in [3.63, 3.8) is 0 Å². The number of fused-ring (bicyclic) bond motifs is 3. The maximum absolute atomic E-state index is 13.2. The van der Waals surface area contributed by atoms with E-state index < -0.39 is 11.9 Å². The molecule has 0 aliphatic carbocycles. The van der Waals surface area contributed by atoms with Gasteiger partial charge in [-0.25, -0.2) is 14.3 Å². The molecule has 2 aromatic carbocycles. The number of nitrogens with zero attached hydrogens (tertiary/aromatic N) is 3. The average Bonchev–Trinajstić information content (AvgIpc) is 3.18. The molecule has 1 atom stereocenters. The van der Waals surface area contributed by atoms with Gasteiger partial charge in [-0.1, -0.05) is 37.2 Å². The Labute approximate surface area is 201 Å². The number of Topliss-reactive ketones (excluding diaryl/α,β-unsaturated/α-hetero) is 1. The van der Waals surface area contributed by atoms with Crippen LogP contribution in [0, 0.1) is 5.82 Å². The summed E-state index contributed by atoms with van der Waals surface area (Å²) in [6.45, 7) is 2.68. The molecule has 0 fully saturated rings. The van der Waals surface area contributed by atoms with E-state index in [0.717, 1.165) is 30.2 Å². The van der Waals surface area contributed by atoms with Gasteiger partial charge >= 0.3 is 0 Å². The number of aliphatic imine (C=N–C) groups is 2. The molecule has 2 heterocycles. The number of carbonyl (C=O) groups excluding carboxylic acids is 3. The number of ketones is 1. The first-order valence-electron chi connectivity index (χ1n) is 11.3. The molecule has 0 aromatic heterocycles. The number of benzene rings is 2. The van der Waals surface area contributed by atoms with Crippen molar-refractivity contribution in [2.45, 2.75) is 38.6 Å². The lowest BCUT2D eigenvalue weighted by atomic mass is 10.1. The molecule has 2 amide bonds. The molecule has 1 N–H and O–H groups in total. The fourth-order valence-corrected chi connectivity index (χ4v) is 4.59. The Hall–Kier alpha value is -3.33. The van der Waals surface area contributed by atoms with Crippen molar-refractivity contribution in [2.75, 3.05) is 12.3 Å². The van der Waals surface area contributed by atoms with E-state index in [9.17, 15) is 18.8 Å². The van der Waals surface area contributed by atoms with Gasteiger partial charge in [-0.05, 0) is 49.2 Å². The molecule has 176 valence electrons. The van der Waals surface area contributed by atoms with Crippen LogP contribution in [0.15, 0.2) is 58.5 Å². The zero-order chi connectivity index (χ0) is 24.1. The van der Waals surface area contributed by atoms with Gasteiger partial charge in [0.05, 0.1) is 11.4 Å². The Kier molecular flexibility index (Phi) is 7.52. The molecule has 0 saturated heterocycles. The number of nitrogens with one attached hydrogen (secondary N) is 1. The third-order valence-electron chi connectivity index (χ3n) is 5.54.